The Hall–Kier alpha value is -2.87. The van der Waals surface area contributed by atoms with Gasteiger partial charge in [-0.1, -0.05) is 66.2 Å². The van der Waals surface area contributed by atoms with Gasteiger partial charge in [-0.2, -0.15) is 0 Å². The Labute approximate surface area is 156 Å². The van der Waals surface area contributed by atoms with E-state index in [1.165, 1.54) is 16.7 Å². The van der Waals surface area contributed by atoms with Gasteiger partial charge in [0.25, 0.3) is 0 Å². The van der Waals surface area contributed by atoms with E-state index in [0.29, 0.717) is 6.61 Å². The highest BCUT2D eigenvalue weighted by atomic mass is 16.5. The van der Waals surface area contributed by atoms with E-state index in [-0.39, 0.29) is 6.04 Å². The topological polar surface area (TPSA) is 21.6 Å². The zero-order valence-corrected chi connectivity index (χ0v) is 15.6. The number of hydrogen-bond acceptors (Lipinski definition) is 2. The molecule has 0 fully saturated rings. The molecule has 0 bridgehead atoms. The Balaban J connectivity index is 1.68. The molecule has 3 aromatic carbocycles. The van der Waals surface area contributed by atoms with Gasteiger partial charge in [0.15, 0.2) is 0 Å². The first-order valence-corrected chi connectivity index (χ1v) is 8.99. The highest BCUT2D eigenvalue weighted by molar-refractivity contribution is 5.80. The lowest BCUT2D eigenvalue weighted by Crippen LogP contribution is -1.97. The SMILES string of the molecule is Cc1ccc(C)c(C(C)N=Cc2cccc(OCc3ccccc3)c2)c1. The Morgan fingerprint density at radius 2 is 1.73 bits per heavy atom. The molecule has 0 saturated heterocycles. The van der Waals surface area contributed by atoms with Crippen LogP contribution < -0.4 is 4.74 Å². The van der Waals surface area contributed by atoms with Crippen LogP contribution in [0.15, 0.2) is 77.8 Å². The molecule has 0 spiro atoms. The van der Waals surface area contributed by atoms with Crippen LogP contribution in [0.2, 0.25) is 0 Å². The van der Waals surface area contributed by atoms with E-state index >= 15 is 0 Å². The van der Waals surface area contributed by atoms with Crippen LogP contribution in [-0.4, -0.2) is 6.21 Å². The first-order valence-electron chi connectivity index (χ1n) is 8.99. The van der Waals surface area contributed by atoms with E-state index in [0.717, 1.165) is 16.9 Å². The average Bonchev–Trinajstić information content (AvgIpc) is 2.67. The molecule has 0 N–H and O–H groups in total. The van der Waals surface area contributed by atoms with Gasteiger partial charge in [-0.25, -0.2) is 0 Å². The minimum absolute atomic E-state index is 0.129. The summed E-state index contributed by atoms with van der Waals surface area (Å²) in [5, 5.41) is 0. The lowest BCUT2D eigenvalue weighted by molar-refractivity contribution is 0.306. The summed E-state index contributed by atoms with van der Waals surface area (Å²) in [6, 6.07) is 24.9. The summed E-state index contributed by atoms with van der Waals surface area (Å²) in [6.45, 7) is 6.96. The van der Waals surface area contributed by atoms with Crippen molar-refractivity contribution in [2.45, 2.75) is 33.4 Å². The van der Waals surface area contributed by atoms with Gasteiger partial charge in [-0.3, -0.25) is 4.99 Å². The van der Waals surface area contributed by atoms with E-state index in [2.05, 4.69) is 57.2 Å². The number of aryl methyl sites for hydroxylation is 2. The molecule has 0 aromatic heterocycles. The zero-order valence-electron chi connectivity index (χ0n) is 15.6. The van der Waals surface area contributed by atoms with Gasteiger partial charge < -0.3 is 4.74 Å². The number of rotatable bonds is 6. The molecular weight excluding hydrogens is 318 g/mol. The van der Waals surface area contributed by atoms with E-state index in [1.807, 2.05) is 42.6 Å². The maximum absolute atomic E-state index is 5.90. The number of aliphatic imine (C=N–C) groups is 1. The Kier molecular flexibility index (Phi) is 5.85. The fourth-order valence-electron chi connectivity index (χ4n) is 2.91. The first-order chi connectivity index (χ1) is 12.6. The number of ether oxygens (including phenoxy) is 1. The van der Waals surface area contributed by atoms with Crippen LogP contribution in [0.4, 0.5) is 0 Å². The van der Waals surface area contributed by atoms with Crippen molar-refractivity contribution in [3.05, 3.63) is 101 Å². The van der Waals surface area contributed by atoms with Gasteiger partial charge in [0.2, 0.25) is 0 Å². The monoisotopic (exact) mass is 343 g/mol. The smallest absolute Gasteiger partial charge is 0.120 e. The van der Waals surface area contributed by atoms with Gasteiger partial charge in [-0.05, 0) is 55.2 Å². The van der Waals surface area contributed by atoms with E-state index in [9.17, 15) is 0 Å². The zero-order chi connectivity index (χ0) is 18.4. The molecule has 0 aliphatic carbocycles. The fourth-order valence-corrected chi connectivity index (χ4v) is 2.91. The third-order valence-electron chi connectivity index (χ3n) is 4.44. The summed E-state index contributed by atoms with van der Waals surface area (Å²) in [6.07, 6.45) is 1.93. The minimum Gasteiger partial charge on any atom is -0.489 e. The van der Waals surface area contributed by atoms with Crippen LogP contribution in [0.3, 0.4) is 0 Å². The summed E-state index contributed by atoms with van der Waals surface area (Å²) < 4.78 is 5.90. The summed E-state index contributed by atoms with van der Waals surface area (Å²) in [5.74, 6) is 0.859. The van der Waals surface area contributed by atoms with Crippen LogP contribution in [0, 0.1) is 13.8 Å². The van der Waals surface area contributed by atoms with Crippen molar-refractivity contribution < 1.29 is 4.74 Å². The summed E-state index contributed by atoms with van der Waals surface area (Å²) >= 11 is 0. The molecule has 26 heavy (non-hydrogen) atoms. The van der Waals surface area contributed by atoms with Crippen molar-refractivity contribution >= 4 is 6.21 Å². The maximum atomic E-state index is 5.90. The predicted octanol–water partition coefficient (Wildman–Crippen LogP) is 6.06. The highest BCUT2D eigenvalue weighted by Gasteiger charge is 2.06. The Bertz CT molecular complexity index is 884. The van der Waals surface area contributed by atoms with Crippen LogP contribution in [0.1, 0.15) is 40.8 Å². The van der Waals surface area contributed by atoms with Gasteiger partial charge in [-0.15, -0.1) is 0 Å². The van der Waals surface area contributed by atoms with Crippen LogP contribution in [0.5, 0.6) is 5.75 Å². The Morgan fingerprint density at radius 3 is 2.54 bits per heavy atom. The van der Waals surface area contributed by atoms with E-state index < -0.39 is 0 Å². The molecule has 2 nitrogen and oxygen atoms in total. The molecule has 2 heteroatoms. The average molecular weight is 343 g/mol. The lowest BCUT2D eigenvalue weighted by atomic mass is 10.0. The summed E-state index contributed by atoms with van der Waals surface area (Å²) in [5.41, 5.74) is 6.03. The second-order valence-electron chi connectivity index (χ2n) is 6.66. The molecule has 0 amide bonds. The van der Waals surface area contributed by atoms with Crippen molar-refractivity contribution in [1.82, 2.24) is 0 Å². The molecule has 0 aliphatic heterocycles. The van der Waals surface area contributed by atoms with E-state index in [4.69, 9.17) is 9.73 Å². The molecule has 0 aliphatic rings. The summed E-state index contributed by atoms with van der Waals surface area (Å²) in [7, 11) is 0. The van der Waals surface area contributed by atoms with E-state index in [1.54, 1.807) is 0 Å². The quantitative estimate of drug-likeness (QED) is 0.498. The lowest BCUT2D eigenvalue weighted by Gasteiger charge is -2.11. The normalized spacial score (nSPS) is 12.3. The van der Waals surface area contributed by atoms with Gasteiger partial charge in [0.05, 0.1) is 6.04 Å². The molecule has 0 radical (unpaired) electrons. The predicted molar refractivity (Wildman–Crippen MR) is 109 cm³/mol. The van der Waals surface area contributed by atoms with Gasteiger partial charge in [0, 0.05) is 6.21 Å². The van der Waals surface area contributed by atoms with Crippen LogP contribution in [0.25, 0.3) is 0 Å². The largest absolute Gasteiger partial charge is 0.489 e. The fraction of sp³-hybridized carbons (Fsp3) is 0.208. The molecule has 1 atom stereocenters. The standard InChI is InChI=1S/C24H25NO/c1-18-12-13-19(2)24(14-18)20(3)25-16-22-10-7-11-23(15-22)26-17-21-8-5-4-6-9-21/h4-16,20H,17H2,1-3H3. The third kappa shape index (κ3) is 4.82. The molecule has 132 valence electrons. The van der Waals surface area contributed by atoms with Crippen molar-refractivity contribution in [1.29, 1.82) is 0 Å². The van der Waals surface area contributed by atoms with Crippen molar-refractivity contribution in [2.75, 3.05) is 0 Å². The molecule has 0 heterocycles. The number of hydrogen-bond donors (Lipinski definition) is 0. The van der Waals surface area contributed by atoms with Crippen molar-refractivity contribution in [2.24, 2.45) is 4.99 Å². The molecule has 3 rings (SSSR count). The maximum Gasteiger partial charge on any atom is 0.120 e. The van der Waals surface area contributed by atoms with Gasteiger partial charge in [0.1, 0.15) is 12.4 Å². The first kappa shape index (κ1) is 17.9. The number of benzene rings is 3. The molecule has 0 saturated carbocycles. The second kappa shape index (κ2) is 8.48. The third-order valence-corrected chi connectivity index (χ3v) is 4.44. The van der Waals surface area contributed by atoms with Crippen LogP contribution >= 0.6 is 0 Å². The minimum atomic E-state index is 0.129. The van der Waals surface area contributed by atoms with Crippen molar-refractivity contribution in [3.63, 3.8) is 0 Å². The second-order valence-corrected chi connectivity index (χ2v) is 6.66. The summed E-state index contributed by atoms with van der Waals surface area (Å²) in [4.78, 5) is 4.75. The van der Waals surface area contributed by atoms with Crippen molar-refractivity contribution in [3.8, 4) is 5.75 Å². The van der Waals surface area contributed by atoms with Crippen LogP contribution in [-0.2, 0) is 6.61 Å². The Morgan fingerprint density at radius 1 is 0.923 bits per heavy atom. The molecule has 3 aromatic rings. The number of nitrogens with zero attached hydrogens (tertiary/aromatic N) is 1. The van der Waals surface area contributed by atoms with Gasteiger partial charge >= 0.3 is 0 Å². The highest BCUT2D eigenvalue weighted by Crippen LogP contribution is 2.22. The molecular formula is C24H25NO. The molecule has 1 unspecified atom stereocenters.